The lowest BCUT2D eigenvalue weighted by Crippen LogP contribution is -2.31. The average molecular weight is 440 g/mol. The fourth-order valence-electron chi connectivity index (χ4n) is 3.14. The third-order valence-corrected chi connectivity index (χ3v) is 5.21. The van der Waals surface area contributed by atoms with Gasteiger partial charge < -0.3 is 24.4 Å². The Balaban J connectivity index is 1.49. The minimum Gasteiger partial charge on any atom is -0.454 e. The Morgan fingerprint density at radius 2 is 1.88 bits per heavy atom. The Morgan fingerprint density at radius 3 is 2.66 bits per heavy atom. The summed E-state index contributed by atoms with van der Waals surface area (Å²) in [4.78, 5) is 29.7. The average Bonchev–Trinajstić information content (AvgIpc) is 3.26. The van der Waals surface area contributed by atoms with E-state index in [2.05, 4.69) is 24.3 Å². The zero-order valence-corrected chi connectivity index (χ0v) is 18.7. The molecule has 32 heavy (non-hydrogen) atoms. The number of carbonyl (C=O) groups excluding carboxylic acids is 2. The number of benzene rings is 2. The maximum Gasteiger partial charge on any atom is 0.347 e. The molecule has 2 unspecified atom stereocenters. The van der Waals surface area contributed by atoms with Crippen LogP contribution in [0.25, 0.3) is 0 Å². The van der Waals surface area contributed by atoms with Crippen molar-refractivity contribution >= 4 is 23.3 Å². The van der Waals surface area contributed by atoms with Crippen LogP contribution in [0.5, 0.6) is 11.5 Å². The second-order valence-electron chi connectivity index (χ2n) is 7.54. The summed E-state index contributed by atoms with van der Waals surface area (Å²) in [6.45, 7) is 7.21. The van der Waals surface area contributed by atoms with Gasteiger partial charge in [-0.1, -0.05) is 37.2 Å². The molecule has 1 aliphatic heterocycles. The third kappa shape index (κ3) is 5.78. The molecule has 1 heterocycles. The second kappa shape index (κ2) is 10.7. The number of amides is 1. The number of nitrogens with one attached hydrogen (secondary N) is 1. The SMILES string of the molecule is CCC(C)c1ccccc1NC(=O)C(C)OC(=O)CO/N=C(\C)c1ccc2c(c1)OCO2. The summed E-state index contributed by atoms with van der Waals surface area (Å²) < 4.78 is 15.8. The predicted molar refractivity (Wildman–Crippen MR) is 120 cm³/mol. The van der Waals surface area contributed by atoms with E-state index in [9.17, 15) is 9.59 Å². The number of hydrogen-bond donors (Lipinski definition) is 1. The van der Waals surface area contributed by atoms with Gasteiger partial charge in [0.05, 0.1) is 5.71 Å². The number of anilines is 1. The molecule has 3 rings (SSSR count). The molecular formula is C24H28N2O6. The highest BCUT2D eigenvalue weighted by Gasteiger charge is 2.20. The van der Waals surface area contributed by atoms with Crippen LogP contribution in [0.1, 0.15) is 51.2 Å². The lowest BCUT2D eigenvalue weighted by Gasteiger charge is -2.18. The molecule has 2 aromatic rings. The molecule has 2 aromatic carbocycles. The number of carbonyl (C=O) groups is 2. The highest BCUT2D eigenvalue weighted by Crippen LogP contribution is 2.32. The summed E-state index contributed by atoms with van der Waals surface area (Å²) in [7, 11) is 0. The van der Waals surface area contributed by atoms with Crippen molar-refractivity contribution in [1.82, 2.24) is 0 Å². The Hall–Kier alpha value is -3.55. The molecule has 0 saturated carbocycles. The molecule has 0 spiro atoms. The van der Waals surface area contributed by atoms with E-state index >= 15 is 0 Å². The summed E-state index contributed by atoms with van der Waals surface area (Å²) in [6.07, 6.45) is -0.0314. The van der Waals surface area contributed by atoms with E-state index < -0.39 is 24.6 Å². The predicted octanol–water partition coefficient (Wildman–Crippen LogP) is 4.24. The molecule has 2 atom stereocenters. The number of oxime groups is 1. The van der Waals surface area contributed by atoms with E-state index in [0.29, 0.717) is 23.1 Å². The van der Waals surface area contributed by atoms with Gasteiger partial charge in [-0.2, -0.15) is 0 Å². The van der Waals surface area contributed by atoms with Crippen molar-refractivity contribution in [2.45, 2.75) is 46.1 Å². The molecule has 0 fully saturated rings. The van der Waals surface area contributed by atoms with Crippen molar-refractivity contribution in [2.24, 2.45) is 5.16 Å². The maximum atomic E-state index is 12.5. The van der Waals surface area contributed by atoms with Crippen LogP contribution in [0.15, 0.2) is 47.6 Å². The smallest absolute Gasteiger partial charge is 0.347 e. The third-order valence-electron chi connectivity index (χ3n) is 5.21. The topological polar surface area (TPSA) is 95.5 Å². The molecule has 8 nitrogen and oxygen atoms in total. The van der Waals surface area contributed by atoms with Crippen molar-refractivity contribution in [3.05, 3.63) is 53.6 Å². The Morgan fingerprint density at radius 1 is 1.12 bits per heavy atom. The van der Waals surface area contributed by atoms with Gasteiger partial charge in [-0.3, -0.25) is 4.79 Å². The van der Waals surface area contributed by atoms with Crippen molar-refractivity contribution in [1.29, 1.82) is 0 Å². The number of rotatable bonds is 9. The van der Waals surface area contributed by atoms with Crippen LogP contribution in [-0.4, -0.2) is 37.1 Å². The normalized spacial score (nSPS) is 14.4. The zero-order chi connectivity index (χ0) is 23.1. The van der Waals surface area contributed by atoms with Gasteiger partial charge >= 0.3 is 5.97 Å². The zero-order valence-electron chi connectivity index (χ0n) is 18.7. The fourth-order valence-corrected chi connectivity index (χ4v) is 3.14. The van der Waals surface area contributed by atoms with Crippen molar-refractivity contribution in [2.75, 3.05) is 18.7 Å². The number of esters is 1. The quantitative estimate of drug-likeness (QED) is 0.356. The molecule has 0 aliphatic carbocycles. The molecular weight excluding hydrogens is 412 g/mol. The largest absolute Gasteiger partial charge is 0.454 e. The first-order valence-electron chi connectivity index (χ1n) is 10.5. The minimum atomic E-state index is -0.977. The van der Waals surface area contributed by atoms with Gasteiger partial charge in [-0.05, 0) is 56.0 Å². The first-order valence-corrected chi connectivity index (χ1v) is 10.5. The molecule has 0 radical (unpaired) electrons. The summed E-state index contributed by atoms with van der Waals surface area (Å²) >= 11 is 0. The number of para-hydroxylation sites is 1. The van der Waals surface area contributed by atoms with Gasteiger partial charge in [0.1, 0.15) is 0 Å². The van der Waals surface area contributed by atoms with Crippen molar-refractivity contribution in [3.63, 3.8) is 0 Å². The molecule has 1 amide bonds. The highest BCUT2D eigenvalue weighted by atomic mass is 16.7. The first-order chi connectivity index (χ1) is 15.4. The number of nitrogens with zero attached hydrogens (tertiary/aromatic N) is 1. The Bertz CT molecular complexity index is 1000. The lowest BCUT2D eigenvalue weighted by molar-refractivity contribution is -0.157. The Labute approximate surface area is 187 Å². The number of hydrogen-bond acceptors (Lipinski definition) is 7. The van der Waals surface area contributed by atoms with Crippen LogP contribution in [0, 0.1) is 0 Å². The van der Waals surface area contributed by atoms with Crippen LogP contribution in [-0.2, 0) is 19.2 Å². The lowest BCUT2D eigenvalue weighted by atomic mass is 9.97. The minimum absolute atomic E-state index is 0.187. The molecule has 0 saturated heterocycles. The second-order valence-corrected chi connectivity index (χ2v) is 7.54. The molecule has 0 bridgehead atoms. The Kier molecular flexibility index (Phi) is 7.70. The highest BCUT2D eigenvalue weighted by molar-refractivity contribution is 5.99. The van der Waals surface area contributed by atoms with Crippen LogP contribution in [0.4, 0.5) is 5.69 Å². The fraction of sp³-hybridized carbons (Fsp3) is 0.375. The van der Waals surface area contributed by atoms with E-state index in [1.807, 2.05) is 30.3 Å². The van der Waals surface area contributed by atoms with Crippen molar-refractivity contribution in [3.8, 4) is 11.5 Å². The van der Waals surface area contributed by atoms with E-state index in [1.165, 1.54) is 6.92 Å². The van der Waals surface area contributed by atoms with E-state index in [-0.39, 0.29) is 6.79 Å². The summed E-state index contributed by atoms with van der Waals surface area (Å²) in [5.74, 6) is 0.499. The molecule has 1 aliphatic rings. The summed E-state index contributed by atoms with van der Waals surface area (Å²) in [5.41, 5.74) is 3.09. The van der Waals surface area contributed by atoms with Gasteiger partial charge in [0, 0.05) is 11.3 Å². The van der Waals surface area contributed by atoms with Crippen LogP contribution in [0.2, 0.25) is 0 Å². The molecule has 170 valence electrons. The summed E-state index contributed by atoms with van der Waals surface area (Å²) in [6, 6.07) is 13.0. The maximum absolute atomic E-state index is 12.5. The van der Waals surface area contributed by atoms with Crippen molar-refractivity contribution < 1.29 is 28.6 Å². The monoisotopic (exact) mass is 440 g/mol. The van der Waals surface area contributed by atoms with Crippen LogP contribution < -0.4 is 14.8 Å². The molecule has 8 heteroatoms. The van der Waals surface area contributed by atoms with Gasteiger partial charge in [-0.25, -0.2) is 4.79 Å². The van der Waals surface area contributed by atoms with Gasteiger partial charge in [0.15, 0.2) is 17.6 Å². The van der Waals surface area contributed by atoms with E-state index in [0.717, 1.165) is 23.2 Å². The van der Waals surface area contributed by atoms with E-state index in [4.69, 9.17) is 19.0 Å². The number of fused-ring (bicyclic) bond motifs is 1. The number of ether oxygens (including phenoxy) is 3. The van der Waals surface area contributed by atoms with Crippen LogP contribution >= 0.6 is 0 Å². The first kappa shape index (κ1) is 23.1. The van der Waals surface area contributed by atoms with Gasteiger partial charge in [0.2, 0.25) is 13.4 Å². The standard InChI is InChI=1S/C24H28N2O6/c1-5-15(2)19-8-6-7-9-20(19)25-24(28)17(4)32-23(27)13-31-26-16(3)18-10-11-21-22(12-18)30-14-29-21/h6-12,15,17H,5,13-14H2,1-4H3,(H,25,28)/b26-16+. The molecule has 0 aromatic heterocycles. The van der Waals surface area contributed by atoms with Gasteiger partial charge in [-0.15, -0.1) is 0 Å². The van der Waals surface area contributed by atoms with Gasteiger partial charge in [0.25, 0.3) is 5.91 Å². The van der Waals surface area contributed by atoms with E-state index in [1.54, 1.807) is 19.1 Å². The molecule has 1 N–H and O–H groups in total. The van der Waals surface area contributed by atoms with Crippen LogP contribution in [0.3, 0.4) is 0 Å². The summed E-state index contributed by atoms with van der Waals surface area (Å²) in [5, 5.41) is 6.78.